The zero-order valence-corrected chi connectivity index (χ0v) is 16.5. The van der Waals surface area contributed by atoms with E-state index in [1.807, 2.05) is 26.0 Å². The molecule has 0 bridgehead atoms. The summed E-state index contributed by atoms with van der Waals surface area (Å²) in [7, 11) is 4.42. The first-order valence-corrected chi connectivity index (χ1v) is 8.81. The number of nitrogens with zero attached hydrogens (tertiary/aromatic N) is 1. The van der Waals surface area contributed by atoms with Crippen LogP contribution in [0.1, 0.15) is 19.4 Å². The van der Waals surface area contributed by atoms with Gasteiger partial charge >= 0.3 is 6.09 Å². The molecule has 0 saturated carbocycles. The third kappa shape index (κ3) is 5.39. The Morgan fingerprint density at radius 2 is 1.78 bits per heavy atom. The van der Waals surface area contributed by atoms with Crippen molar-refractivity contribution in [2.75, 3.05) is 34.5 Å². The van der Waals surface area contributed by atoms with Gasteiger partial charge < -0.3 is 18.9 Å². The molecule has 1 atom stereocenters. The van der Waals surface area contributed by atoms with Crippen LogP contribution < -0.4 is 9.47 Å². The minimum Gasteiger partial charge on any atom is -0.497 e. The Bertz CT molecular complexity index is 690. The maximum atomic E-state index is 12.7. The van der Waals surface area contributed by atoms with Crippen LogP contribution in [0.25, 0.3) is 0 Å². The van der Waals surface area contributed by atoms with E-state index in [1.165, 1.54) is 18.1 Å². The Balaban J connectivity index is 2.27. The predicted molar refractivity (Wildman–Crippen MR) is 100 cm³/mol. The normalized spacial score (nSPS) is 16.8. The molecule has 0 aromatic heterocycles. The van der Waals surface area contributed by atoms with E-state index in [0.717, 1.165) is 5.56 Å². The van der Waals surface area contributed by atoms with Gasteiger partial charge in [0.25, 0.3) is 0 Å². The third-order valence-electron chi connectivity index (χ3n) is 4.19. The Labute approximate surface area is 159 Å². The molecule has 0 radical (unpaired) electrons. The molecular formula is C20H27NO6. The molecule has 27 heavy (non-hydrogen) atoms. The van der Waals surface area contributed by atoms with E-state index in [-0.39, 0.29) is 12.3 Å². The number of hydrogen-bond acceptors (Lipinski definition) is 6. The van der Waals surface area contributed by atoms with Crippen LogP contribution in [0.5, 0.6) is 11.5 Å². The molecule has 1 aromatic rings. The van der Waals surface area contributed by atoms with Gasteiger partial charge in [-0.25, -0.2) is 4.79 Å². The average molecular weight is 377 g/mol. The fraction of sp³-hybridized carbons (Fsp3) is 0.500. The van der Waals surface area contributed by atoms with Gasteiger partial charge in [-0.3, -0.25) is 9.69 Å². The lowest BCUT2D eigenvalue weighted by Gasteiger charge is -2.33. The van der Waals surface area contributed by atoms with Crippen LogP contribution in [-0.4, -0.2) is 57.3 Å². The maximum absolute atomic E-state index is 12.7. The van der Waals surface area contributed by atoms with E-state index in [0.29, 0.717) is 36.2 Å². The van der Waals surface area contributed by atoms with Crippen LogP contribution >= 0.6 is 0 Å². The Morgan fingerprint density at radius 3 is 2.30 bits per heavy atom. The first-order chi connectivity index (χ1) is 12.9. The second-order valence-electron chi connectivity index (χ2n) is 6.76. The summed E-state index contributed by atoms with van der Waals surface area (Å²) in [5.74, 6) is 1.82. The molecule has 1 aliphatic heterocycles. The Hall–Kier alpha value is -2.70. The fourth-order valence-corrected chi connectivity index (χ4v) is 2.82. The molecule has 1 aromatic carbocycles. The molecule has 7 heteroatoms. The summed E-state index contributed by atoms with van der Waals surface area (Å²) in [4.78, 5) is 26.4. The van der Waals surface area contributed by atoms with Crippen molar-refractivity contribution >= 4 is 11.9 Å². The highest BCUT2D eigenvalue weighted by molar-refractivity contribution is 5.98. The lowest BCUT2D eigenvalue weighted by atomic mass is 9.97. The number of amides is 1. The zero-order valence-electron chi connectivity index (χ0n) is 16.5. The van der Waals surface area contributed by atoms with E-state index in [2.05, 4.69) is 0 Å². The largest absolute Gasteiger partial charge is 0.497 e. The van der Waals surface area contributed by atoms with Gasteiger partial charge in [0.15, 0.2) is 5.78 Å². The van der Waals surface area contributed by atoms with Crippen molar-refractivity contribution in [3.8, 4) is 11.5 Å². The minimum atomic E-state index is -0.680. The second kappa shape index (κ2) is 9.30. The first kappa shape index (κ1) is 20.6. The smallest absolute Gasteiger partial charge is 0.410 e. The van der Waals surface area contributed by atoms with Gasteiger partial charge in [0.1, 0.15) is 23.3 Å². The van der Waals surface area contributed by atoms with Crippen LogP contribution in [0.2, 0.25) is 0 Å². The highest BCUT2D eigenvalue weighted by Gasteiger charge is 2.35. The van der Waals surface area contributed by atoms with Gasteiger partial charge in [0.05, 0.1) is 34.5 Å². The lowest BCUT2D eigenvalue weighted by Crippen LogP contribution is -2.49. The number of carbonyl (C=O) groups is 2. The monoisotopic (exact) mass is 377 g/mol. The van der Waals surface area contributed by atoms with Gasteiger partial charge in [0, 0.05) is 18.6 Å². The number of benzene rings is 1. The predicted octanol–water partition coefficient (Wildman–Crippen LogP) is 2.82. The summed E-state index contributed by atoms with van der Waals surface area (Å²) in [6.45, 7) is 4.70. The standard InChI is InChI=1S/C20H27NO6/c1-13(2)12-27-17-10-19(22)18(21(11-17)20(23)26-5)8-14-6-15(24-3)9-16(7-14)25-4/h6-7,9-10,13,18H,8,11-12H2,1-5H3. The highest BCUT2D eigenvalue weighted by atomic mass is 16.5. The molecule has 0 N–H and O–H groups in total. The summed E-state index contributed by atoms with van der Waals surface area (Å²) in [5.41, 5.74) is 0.818. The quantitative estimate of drug-likeness (QED) is 0.727. The summed E-state index contributed by atoms with van der Waals surface area (Å²) in [6.07, 6.45) is 1.22. The van der Waals surface area contributed by atoms with E-state index < -0.39 is 12.1 Å². The Kier molecular flexibility index (Phi) is 7.10. The molecule has 148 valence electrons. The van der Waals surface area contributed by atoms with Gasteiger partial charge in [-0.2, -0.15) is 0 Å². The van der Waals surface area contributed by atoms with Crippen molar-refractivity contribution in [3.63, 3.8) is 0 Å². The van der Waals surface area contributed by atoms with Crippen molar-refractivity contribution in [3.05, 3.63) is 35.6 Å². The molecule has 7 nitrogen and oxygen atoms in total. The molecule has 0 saturated heterocycles. The van der Waals surface area contributed by atoms with Crippen molar-refractivity contribution in [2.24, 2.45) is 5.92 Å². The molecule has 1 unspecified atom stereocenters. The minimum absolute atomic E-state index is 0.191. The van der Waals surface area contributed by atoms with Gasteiger partial charge in [-0.1, -0.05) is 13.8 Å². The number of ether oxygens (including phenoxy) is 4. The summed E-state index contributed by atoms with van der Waals surface area (Å²) in [5, 5.41) is 0. The van der Waals surface area contributed by atoms with Gasteiger partial charge in [0.2, 0.25) is 0 Å². The Morgan fingerprint density at radius 1 is 1.15 bits per heavy atom. The number of ketones is 1. The third-order valence-corrected chi connectivity index (χ3v) is 4.19. The lowest BCUT2D eigenvalue weighted by molar-refractivity contribution is -0.120. The van der Waals surface area contributed by atoms with E-state index in [4.69, 9.17) is 18.9 Å². The van der Waals surface area contributed by atoms with E-state index in [1.54, 1.807) is 20.3 Å². The average Bonchev–Trinajstić information content (AvgIpc) is 2.66. The van der Waals surface area contributed by atoms with Crippen molar-refractivity contribution in [1.82, 2.24) is 4.90 Å². The molecule has 0 aliphatic carbocycles. The molecule has 2 rings (SSSR count). The molecule has 1 amide bonds. The number of carbonyl (C=O) groups excluding carboxylic acids is 2. The SMILES string of the molecule is COC(=O)N1CC(OCC(C)C)=CC(=O)C1Cc1cc(OC)cc(OC)c1. The van der Waals surface area contributed by atoms with Gasteiger partial charge in [-0.15, -0.1) is 0 Å². The molecule has 1 aliphatic rings. The van der Waals surface area contributed by atoms with E-state index >= 15 is 0 Å². The first-order valence-electron chi connectivity index (χ1n) is 8.81. The summed E-state index contributed by atoms with van der Waals surface area (Å²) >= 11 is 0. The highest BCUT2D eigenvalue weighted by Crippen LogP contribution is 2.26. The number of rotatable bonds is 7. The van der Waals surface area contributed by atoms with Crippen LogP contribution in [-0.2, 0) is 20.7 Å². The van der Waals surface area contributed by atoms with Crippen LogP contribution in [0.4, 0.5) is 4.79 Å². The number of hydrogen-bond donors (Lipinski definition) is 0. The zero-order chi connectivity index (χ0) is 20.0. The van der Waals surface area contributed by atoms with Crippen LogP contribution in [0.3, 0.4) is 0 Å². The summed E-state index contributed by atoms with van der Waals surface area (Å²) < 4.78 is 21.1. The number of methoxy groups -OCH3 is 3. The second-order valence-corrected chi connectivity index (χ2v) is 6.76. The summed E-state index contributed by atoms with van der Waals surface area (Å²) in [6, 6.07) is 4.71. The topological polar surface area (TPSA) is 74.3 Å². The van der Waals surface area contributed by atoms with Crippen molar-refractivity contribution < 1.29 is 28.5 Å². The molecular weight excluding hydrogens is 350 g/mol. The van der Waals surface area contributed by atoms with E-state index in [9.17, 15) is 9.59 Å². The van der Waals surface area contributed by atoms with Crippen molar-refractivity contribution in [1.29, 1.82) is 0 Å². The van der Waals surface area contributed by atoms with Crippen molar-refractivity contribution in [2.45, 2.75) is 26.3 Å². The van der Waals surface area contributed by atoms with Gasteiger partial charge in [-0.05, 0) is 23.6 Å². The maximum Gasteiger partial charge on any atom is 0.410 e. The molecule has 0 fully saturated rings. The molecule has 1 heterocycles. The van der Waals surface area contributed by atoms with Crippen LogP contribution in [0, 0.1) is 5.92 Å². The molecule has 0 spiro atoms. The fourth-order valence-electron chi connectivity index (χ4n) is 2.82. The van der Waals surface area contributed by atoms with Crippen LogP contribution in [0.15, 0.2) is 30.0 Å².